The van der Waals surface area contributed by atoms with Crippen molar-refractivity contribution in [3.05, 3.63) is 35.9 Å². The van der Waals surface area contributed by atoms with Crippen LogP contribution in [0.15, 0.2) is 30.3 Å². The van der Waals surface area contributed by atoms with Gasteiger partial charge in [0, 0.05) is 19.6 Å². The van der Waals surface area contributed by atoms with Crippen LogP contribution < -0.4 is 10.6 Å². The topological polar surface area (TPSA) is 100 Å². The van der Waals surface area contributed by atoms with E-state index in [1.165, 1.54) is 5.56 Å². The van der Waals surface area contributed by atoms with E-state index in [0.717, 1.165) is 38.8 Å². The summed E-state index contributed by atoms with van der Waals surface area (Å²) in [5.41, 5.74) is 1.02. The Kier molecular flexibility index (Phi) is 9.56. The van der Waals surface area contributed by atoms with Crippen LogP contribution in [0.25, 0.3) is 0 Å². The molecule has 37 heavy (non-hydrogen) atoms. The average Bonchev–Trinajstić information content (AvgIpc) is 3.54. The van der Waals surface area contributed by atoms with E-state index in [0.29, 0.717) is 39.3 Å². The third kappa shape index (κ3) is 7.99. The molecule has 1 aromatic carbocycles. The van der Waals surface area contributed by atoms with Crippen LogP contribution in [0, 0.1) is 5.41 Å². The van der Waals surface area contributed by atoms with Gasteiger partial charge in [0.05, 0.1) is 19.3 Å². The van der Waals surface area contributed by atoms with Gasteiger partial charge < -0.3 is 29.9 Å². The summed E-state index contributed by atoms with van der Waals surface area (Å²) < 4.78 is 11.1. The SMILES string of the molecule is CC(C)(CCc1ccccc1)CC(NC(=O)N1CCOCC1)C(=O)NC1C(=O)COC1CN1CCCC1. The lowest BCUT2D eigenvalue weighted by Crippen LogP contribution is -2.58. The van der Waals surface area contributed by atoms with Crippen LogP contribution in [-0.4, -0.2) is 98.3 Å². The van der Waals surface area contributed by atoms with Crippen LogP contribution in [0.3, 0.4) is 0 Å². The predicted octanol–water partition coefficient (Wildman–Crippen LogP) is 1.99. The molecule has 3 unspecified atom stereocenters. The maximum Gasteiger partial charge on any atom is 0.318 e. The predicted molar refractivity (Wildman–Crippen MR) is 140 cm³/mol. The molecule has 0 spiro atoms. The minimum Gasteiger partial charge on any atom is -0.378 e. The highest BCUT2D eigenvalue weighted by Crippen LogP contribution is 2.29. The Morgan fingerprint density at radius 3 is 2.49 bits per heavy atom. The summed E-state index contributed by atoms with van der Waals surface area (Å²) in [6.07, 6.45) is 4.12. The van der Waals surface area contributed by atoms with Gasteiger partial charge in [-0.3, -0.25) is 9.59 Å². The van der Waals surface area contributed by atoms with Crippen molar-refractivity contribution >= 4 is 17.7 Å². The number of hydrogen-bond acceptors (Lipinski definition) is 6. The highest BCUT2D eigenvalue weighted by atomic mass is 16.5. The van der Waals surface area contributed by atoms with Gasteiger partial charge in [-0.2, -0.15) is 0 Å². The largest absolute Gasteiger partial charge is 0.378 e. The van der Waals surface area contributed by atoms with E-state index in [4.69, 9.17) is 9.47 Å². The lowest BCUT2D eigenvalue weighted by atomic mass is 9.80. The van der Waals surface area contributed by atoms with Crippen molar-refractivity contribution in [3.8, 4) is 0 Å². The van der Waals surface area contributed by atoms with Crippen LogP contribution >= 0.6 is 0 Å². The Morgan fingerprint density at radius 1 is 1.08 bits per heavy atom. The summed E-state index contributed by atoms with van der Waals surface area (Å²) >= 11 is 0. The second-order valence-electron chi connectivity index (χ2n) is 11.3. The second kappa shape index (κ2) is 12.8. The molecule has 3 saturated heterocycles. The molecule has 2 N–H and O–H groups in total. The molecule has 4 rings (SSSR count). The summed E-state index contributed by atoms with van der Waals surface area (Å²) in [6, 6.07) is 8.54. The number of ether oxygens (including phenoxy) is 2. The van der Waals surface area contributed by atoms with Crippen molar-refractivity contribution in [1.82, 2.24) is 20.4 Å². The molecule has 3 aliphatic heterocycles. The Bertz CT molecular complexity index is 912. The van der Waals surface area contributed by atoms with Gasteiger partial charge in [-0.15, -0.1) is 0 Å². The van der Waals surface area contributed by atoms with Crippen LogP contribution in [0.1, 0.15) is 45.1 Å². The number of amides is 3. The number of carbonyl (C=O) groups is 3. The molecule has 0 radical (unpaired) electrons. The fourth-order valence-corrected chi connectivity index (χ4v) is 5.39. The summed E-state index contributed by atoms with van der Waals surface area (Å²) in [5.74, 6) is -0.441. The first-order valence-electron chi connectivity index (χ1n) is 13.6. The van der Waals surface area contributed by atoms with Crippen molar-refractivity contribution in [2.75, 3.05) is 52.5 Å². The summed E-state index contributed by atoms with van der Waals surface area (Å²) in [7, 11) is 0. The van der Waals surface area contributed by atoms with Crippen molar-refractivity contribution < 1.29 is 23.9 Å². The third-order valence-electron chi connectivity index (χ3n) is 7.70. The first-order chi connectivity index (χ1) is 17.8. The minimum absolute atomic E-state index is 0.0107. The molecule has 0 bridgehead atoms. The number of benzene rings is 1. The molecule has 0 saturated carbocycles. The van der Waals surface area contributed by atoms with Crippen LogP contribution in [0.2, 0.25) is 0 Å². The van der Waals surface area contributed by atoms with Crippen molar-refractivity contribution in [3.63, 3.8) is 0 Å². The zero-order valence-corrected chi connectivity index (χ0v) is 22.2. The maximum atomic E-state index is 13.6. The molecule has 3 atom stereocenters. The number of Topliss-reactive ketones (excluding diaryl/α,β-unsaturated/α-hetero) is 1. The molecule has 3 fully saturated rings. The smallest absolute Gasteiger partial charge is 0.318 e. The number of aryl methyl sites for hydroxylation is 1. The molecule has 3 heterocycles. The Hall–Kier alpha value is -2.49. The Labute approximate surface area is 220 Å². The first-order valence-corrected chi connectivity index (χ1v) is 13.6. The summed E-state index contributed by atoms with van der Waals surface area (Å²) in [4.78, 5) is 43.3. The minimum atomic E-state index is -0.762. The van der Waals surface area contributed by atoms with Crippen molar-refractivity contribution in [2.24, 2.45) is 5.41 Å². The lowest BCUT2D eigenvalue weighted by molar-refractivity contribution is -0.128. The quantitative estimate of drug-likeness (QED) is 0.496. The molecule has 9 heteroatoms. The van der Waals surface area contributed by atoms with Gasteiger partial charge in [0.2, 0.25) is 5.91 Å². The standard InChI is InChI=1S/C28H42N4O5/c1-28(2,11-10-21-8-4-3-5-9-21)18-22(29-27(35)32-14-16-36-17-15-32)26(34)30-25-23(33)20-37-24(25)19-31-12-6-7-13-31/h3-5,8-9,22,24-25H,6-7,10-20H2,1-2H3,(H,29,35)(H,30,34). The first kappa shape index (κ1) is 27.5. The van der Waals surface area contributed by atoms with Gasteiger partial charge >= 0.3 is 6.03 Å². The van der Waals surface area contributed by atoms with Gasteiger partial charge in [-0.05, 0) is 56.2 Å². The number of hydrogen-bond donors (Lipinski definition) is 2. The average molecular weight is 515 g/mol. The molecule has 0 aromatic heterocycles. The van der Waals surface area contributed by atoms with E-state index in [-0.39, 0.29) is 35.8 Å². The summed E-state index contributed by atoms with van der Waals surface area (Å²) in [5, 5.41) is 5.93. The third-order valence-corrected chi connectivity index (χ3v) is 7.70. The van der Waals surface area contributed by atoms with Crippen molar-refractivity contribution in [2.45, 2.75) is 64.1 Å². The summed E-state index contributed by atoms with van der Waals surface area (Å²) in [6.45, 7) is 8.81. The molecule has 204 valence electrons. The fraction of sp³-hybridized carbons (Fsp3) is 0.679. The number of ketones is 1. The number of carbonyl (C=O) groups excluding carboxylic acids is 3. The number of rotatable bonds is 10. The van der Waals surface area contributed by atoms with E-state index in [9.17, 15) is 14.4 Å². The molecular formula is C28H42N4O5. The normalized spacial score (nSPS) is 23.7. The van der Waals surface area contributed by atoms with E-state index < -0.39 is 12.1 Å². The fourth-order valence-electron chi connectivity index (χ4n) is 5.39. The number of likely N-dealkylation sites (tertiary alicyclic amines) is 1. The van der Waals surface area contributed by atoms with E-state index in [2.05, 4.69) is 41.5 Å². The van der Waals surface area contributed by atoms with E-state index in [1.807, 2.05) is 18.2 Å². The molecule has 3 amide bonds. The maximum absolute atomic E-state index is 13.6. The van der Waals surface area contributed by atoms with Gasteiger partial charge in [0.25, 0.3) is 0 Å². The highest BCUT2D eigenvalue weighted by molar-refractivity contribution is 5.94. The highest BCUT2D eigenvalue weighted by Gasteiger charge is 2.40. The molecular weight excluding hydrogens is 472 g/mol. The van der Waals surface area contributed by atoms with Crippen LogP contribution in [0.4, 0.5) is 4.79 Å². The number of nitrogens with zero attached hydrogens (tertiary/aromatic N) is 2. The zero-order chi connectivity index (χ0) is 26.3. The van der Waals surface area contributed by atoms with E-state index >= 15 is 0 Å². The van der Waals surface area contributed by atoms with Crippen LogP contribution in [0.5, 0.6) is 0 Å². The number of morpholine rings is 1. The van der Waals surface area contributed by atoms with Gasteiger partial charge in [-0.1, -0.05) is 44.2 Å². The second-order valence-corrected chi connectivity index (χ2v) is 11.3. The lowest BCUT2D eigenvalue weighted by Gasteiger charge is -2.33. The molecule has 3 aliphatic rings. The number of urea groups is 1. The van der Waals surface area contributed by atoms with Gasteiger partial charge in [0.1, 0.15) is 18.7 Å². The van der Waals surface area contributed by atoms with Gasteiger partial charge in [-0.25, -0.2) is 4.79 Å². The van der Waals surface area contributed by atoms with E-state index in [1.54, 1.807) is 4.90 Å². The Morgan fingerprint density at radius 2 is 1.78 bits per heavy atom. The Balaban J connectivity index is 1.42. The van der Waals surface area contributed by atoms with Crippen LogP contribution in [-0.2, 0) is 25.5 Å². The van der Waals surface area contributed by atoms with Crippen molar-refractivity contribution in [1.29, 1.82) is 0 Å². The number of nitrogens with one attached hydrogen (secondary N) is 2. The van der Waals surface area contributed by atoms with Gasteiger partial charge in [0.15, 0.2) is 5.78 Å². The molecule has 9 nitrogen and oxygen atoms in total. The molecule has 0 aliphatic carbocycles. The monoisotopic (exact) mass is 514 g/mol. The zero-order valence-electron chi connectivity index (χ0n) is 22.2. The molecule has 1 aromatic rings.